The average molecular weight is 582 g/mol. The predicted octanol–water partition coefficient (Wildman–Crippen LogP) is 5.13. The molecule has 3 aromatic carbocycles. The molecule has 0 spiro atoms. The lowest BCUT2D eigenvalue weighted by Crippen LogP contribution is -2.37. The number of aromatic nitrogens is 1. The van der Waals surface area contributed by atoms with Gasteiger partial charge in [-0.05, 0) is 66.8 Å². The SMILES string of the molecule is O=C(NC(=S)Nc1ccc2oc(-c3ccc(Br)cc3)nc2c1)c1ccc(N2CCOCC2)c([N+](=O)[O-])c1. The number of fused-ring (bicyclic) bond motifs is 1. The zero-order chi connectivity index (χ0) is 25.9. The van der Waals surface area contributed by atoms with Crippen LogP contribution in [0.2, 0.25) is 0 Å². The highest BCUT2D eigenvalue weighted by Gasteiger charge is 2.23. The molecule has 0 radical (unpaired) electrons. The van der Waals surface area contributed by atoms with Gasteiger partial charge in [-0.3, -0.25) is 20.2 Å². The molecule has 2 heterocycles. The summed E-state index contributed by atoms with van der Waals surface area (Å²) in [6.45, 7) is 2.07. The molecule has 188 valence electrons. The second-order valence-corrected chi connectivity index (χ2v) is 9.50. The smallest absolute Gasteiger partial charge is 0.293 e. The van der Waals surface area contributed by atoms with E-state index in [-0.39, 0.29) is 16.4 Å². The van der Waals surface area contributed by atoms with Crippen LogP contribution in [-0.4, -0.2) is 47.2 Å². The van der Waals surface area contributed by atoms with Crippen LogP contribution in [0.4, 0.5) is 17.1 Å². The van der Waals surface area contributed by atoms with Crippen LogP contribution in [0.25, 0.3) is 22.6 Å². The van der Waals surface area contributed by atoms with Gasteiger partial charge in [0.05, 0.1) is 18.1 Å². The lowest BCUT2D eigenvalue weighted by Gasteiger charge is -2.28. The maximum absolute atomic E-state index is 12.8. The highest BCUT2D eigenvalue weighted by molar-refractivity contribution is 9.10. The molecule has 10 nitrogen and oxygen atoms in total. The van der Waals surface area contributed by atoms with Gasteiger partial charge in [-0.2, -0.15) is 0 Å². The molecule has 0 bridgehead atoms. The maximum atomic E-state index is 12.8. The summed E-state index contributed by atoms with van der Waals surface area (Å²) in [5, 5.41) is 17.2. The Hall–Kier alpha value is -3.87. The van der Waals surface area contributed by atoms with Crippen molar-refractivity contribution in [3.05, 3.63) is 80.8 Å². The number of amides is 1. The third kappa shape index (κ3) is 5.61. The van der Waals surface area contributed by atoms with Gasteiger partial charge in [-0.25, -0.2) is 4.98 Å². The summed E-state index contributed by atoms with van der Waals surface area (Å²) < 4.78 is 12.1. The number of rotatable bonds is 5. The first kappa shape index (κ1) is 24.8. The minimum absolute atomic E-state index is 0.0425. The van der Waals surface area contributed by atoms with Crippen molar-refractivity contribution in [3.63, 3.8) is 0 Å². The number of carbonyl (C=O) groups is 1. The lowest BCUT2D eigenvalue weighted by molar-refractivity contribution is -0.384. The standard InChI is InChI=1S/C25H20BrN5O5S/c26-17-4-1-15(2-5-17)24-28-19-14-18(6-8-22(19)36-24)27-25(37)29-23(32)16-3-7-20(21(13-16)31(33)34)30-9-11-35-12-10-30/h1-8,13-14H,9-12H2,(H2,27,29,32,37). The Bertz CT molecular complexity index is 1500. The third-order valence-electron chi connectivity index (χ3n) is 5.75. The number of hydrogen-bond acceptors (Lipinski definition) is 8. The van der Waals surface area contributed by atoms with Crippen molar-refractivity contribution < 1.29 is 18.9 Å². The molecule has 0 aliphatic carbocycles. The number of nitro benzene ring substituents is 1. The number of oxazole rings is 1. The fourth-order valence-corrected chi connectivity index (χ4v) is 4.42. The van der Waals surface area contributed by atoms with E-state index in [1.54, 1.807) is 30.3 Å². The minimum atomic E-state index is -0.561. The number of nitrogens with one attached hydrogen (secondary N) is 2. The van der Waals surface area contributed by atoms with Gasteiger partial charge in [0.1, 0.15) is 11.2 Å². The summed E-state index contributed by atoms with van der Waals surface area (Å²) in [5.41, 5.74) is 3.09. The molecule has 1 amide bonds. The first-order valence-corrected chi connectivity index (χ1v) is 12.5. The third-order valence-corrected chi connectivity index (χ3v) is 6.48. The zero-order valence-corrected chi connectivity index (χ0v) is 21.7. The fourth-order valence-electron chi connectivity index (χ4n) is 3.94. The van der Waals surface area contributed by atoms with E-state index in [1.165, 1.54) is 6.07 Å². The maximum Gasteiger partial charge on any atom is 0.293 e. The second kappa shape index (κ2) is 10.6. The Morgan fingerprint density at radius 1 is 1.08 bits per heavy atom. The van der Waals surface area contributed by atoms with Crippen LogP contribution in [0.15, 0.2) is 69.6 Å². The highest BCUT2D eigenvalue weighted by Crippen LogP contribution is 2.30. The van der Waals surface area contributed by atoms with Crippen LogP contribution >= 0.6 is 28.1 Å². The van der Waals surface area contributed by atoms with Crippen molar-refractivity contribution >= 4 is 67.3 Å². The summed E-state index contributed by atoms with van der Waals surface area (Å²) in [6.07, 6.45) is 0. The van der Waals surface area contributed by atoms with Gasteiger partial charge in [0.15, 0.2) is 10.7 Å². The zero-order valence-electron chi connectivity index (χ0n) is 19.3. The number of morpholine rings is 1. The number of anilines is 2. The molecule has 4 aromatic rings. The van der Waals surface area contributed by atoms with Crippen LogP contribution in [0.3, 0.4) is 0 Å². The number of thiocarbonyl (C=S) groups is 1. The molecule has 1 aliphatic rings. The molecule has 1 aromatic heterocycles. The van der Waals surface area contributed by atoms with E-state index in [2.05, 4.69) is 31.5 Å². The minimum Gasteiger partial charge on any atom is -0.436 e. The van der Waals surface area contributed by atoms with E-state index in [4.69, 9.17) is 21.4 Å². The summed E-state index contributed by atoms with van der Waals surface area (Å²) >= 11 is 8.70. The average Bonchev–Trinajstić information content (AvgIpc) is 3.32. The van der Waals surface area contributed by atoms with Crippen molar-refractivity contribution in [1.29, 1.82) is 0 Å². The quantitative estimate of drug-likeness (QED) is 0.187. The van der Waals surface area contributed by atoms with Crippen LogP contribution in [0.5, 0.6) is 0 Å². The van der Waals surface area contributed by atoms with Crippen molar-refractivity contribution in [2.45, 2.75) is 0 Å². The molecule has 0 unspecified atom stereocenters. The van der Waals surface area contributed by atoms with Gasteiger partial charge >= 0.3 is 0 Å². The topological polar surface area (TPSA) is 123 Å². The summed E-state index contributed by atoms with van der Waals surface area (Å²) in [4.78, 5) is 30.4. The summed E-state index contributed by atoms with van der Waals surface area (Å²) in [7, 11) is 0. The largest absolute Gasteiger partial charge is 0.436 e. The first-order chi connectivity index (χ1) is 17.9. The summed E-state index contributed by atoms with van der Waals surface area (Å²) in [6, 6.07) is 17.2. The van der Waals surface area contributed by atoms with Gasteiger partial charge < -0.3 is 19.4 Å². The van der Waals surface area contributed by atoms with Gasteiger partial charge in [0, 0.05) is 40.4 Å². The number of nitro groups is 1. The molecule has 12 heteroatoms. The number of hydrogen-bond donors (Lipinski definition) is 2. The molecular weight excluding hydrogens is 562 g/mol. The Kier molecular flexibility index (Phi) is 7.12. The second-order valence-electron chi connectivity index (χ2n) is 8.18. The van der Waals surface area contributed by atoms with Crippen molar-refractivity contribution in [3.8, 4) is 11.5 Å². The van der Waals surface area contributed by atoms with E-state index < -0.39 is 10.8 Å². The summed E-state index contributed by atoms with van der Waals surface area (Å²) in [5.74, 6) is -0.0770. The van der Waals surface area contributed by atoms with Gasteiger partial charge in [-0.1, -0.05) is 15.9 Å². The number of carbonyl (C=O) groups excluding carboxylic acids is 1. The van der Waals surface area contributed by atoms with Crippen LogP contribution < -0.4 is 15.5 Å². The number of benzene rings is 3. The lowest BCUT2D eigenvalue weighted by atomic mass is 10.1. The van der Waals surface area contributed by atoms with E-state index in [0.29, 0.717) is 54.7 Å². The normalized spacial score (nSPS) is 13.4. The van der Waals surface area contributed by atoms with Crippen molar-refractivity contribution in [2.24, 2.45) is 0 Å². The molecule has 1 aliphatic heterocycles. The molecule has 0 saturated carbocycles. The van der Waals surface area contributed by atoms with Crippen LogP contribution in [0, 0.1) is 10.1 Å². The van der Waals surface area contributed by atoms with Crippen molar-refractivity contribution in [1.82, 2.24) is 10.3 Å². The van der Waals surface area contributed by atoms with Gasteiger partial charge in [0.25, 0.3) is 11.6 Å². The number of halogens is 1. The molecule has 1 fully saturated rings. The van der Waals surface area contributed by atoms with Crippen LogP contribution in [-0.2, 0) is 4.74 Å². The highest BCUT2D eigenvalue weighted by atomic mass is 79.9. The van der Waals surface area contributed by atoms with Gasteiger partial charge in [-0.15, -0.1) is 0 Å². The van der Waals surface area contributed by atoms with E-state index in [9.17, 15) is 14.9 Å². The monoisotopic (exact) mass is 581 g/mol. The van der Waals surface area contributed by atoms with Crippen molar-refractivity contribution in [2.75, 3.05) is 36.5 Å². The molecule has 0 atom stereocenters. The molecule has 37 heavy (non-hydrogen) atoms. The molecule has 2 N–H and O–H groups in total. The Labute approximate surface area is 224 Å². The first-order valence-electron chi connectivity index (χ1n) is 11.3. The van der Waals surface area contributed by atoms with Crippen LogP contribution in [0.1, 0.15) is 10.4 Å². The molecule has 5 rings (SSSR count). The molecular formula is C25H20BrN5O5S. The Morgan fingerprint density at radius 2 is 1.84 bits per heavy atom. The Balaban J connectivity index is 1.28. The number of nitrogens with zero attached hydrogens (tertiary/aromatic N) is 3. The fraction of sp³-hybridized carbons (Fsp3) is 0.160. The predicted molar refractivity (Wildman–Crippen MR) is 147 cm³/mol. The van der Waals surface area contributed by atoms with E-state index >= 15 is 0 Å². The number of ether oxygens (including phenoxy) is 1. The van der Waals surface area contributed by atoms with Gasteiger partial charge in [0.2, 0.25) is 5.89 Å². The van der Waals surface area contributed by atoms with E-state index in [1.807, 2.05) is 29.2 Å². The Morgan fingerprint density at radius 3 is 2.57 bits per heavy atom. The van der Waals surface area contributed by atoms with E-state index in [0.717, 1.165) is 10.0 Å². The molecule has 1 saturated heterocycles.